The van der Waals surface area contributed by atoms with E-state index in [4.69, 9.17) is 5.73 Å². The van der Waals surface area contributed by atoms with Gasteiger partial charge < -0.3 is 10.3 Å². The van der Waals surface area contributed by atoms with Crippen LogP contribution >= 0.6 is 0 Å². The number of rotatable bonds is 4. The van der Waals surface area contributed by atoms with Crippen molar-refractivity contribution in [1.29, 1.82) is 0 Å². The highest BCUT2D eigenvalue weighted by Gasteiger charge is 2.35. The Morgan fingerprint density at radius 3 is 2.67 bits per heavy atom. The van der Waals surface area contributed by atoms with Crippen LogP contribution in [0, 0.1) is 5.82 Å². The molecule has 0 saturated carbocycles. The van der Waals surface area contributed by atoms with E-state index in [1.807, 2.05) is 6.92 Å². The van der Waals surface area contributed by atoms with Crippen LogP contribution in [0.5, 0.6) is 0 Å². The molecule has 2 aromatic rings. The summed E-state index contributed by atoms with van der Waals surface area (Å²) in [4.78, 5) is 4.07. The van der Waals surface area contributed by atoms with Crippen LogP contribution in [-0.2, 0) is 19.1 Å². The standard InChI is InChI=1S/C14H15F4N3/c1-2-21-6-5-20-13(21)8-12(19)10-7-9(15)3-4-11(10)14(16,17)18/h3-7,12H,2,8,19H2,1H3. The van der Waals surface area contributed by atoms with Gasteiger partial charge in [-0.3, -0.25) is 0 Å². The van der Waals surface area contributed by atoms with Gasteiger partial charge in [-0.05, 0) is 30.7 Å². The number of halogens is 4. The molecule has 2 N–H and O–H groups in total. The molecule has 1 aromatic carbocycles. The lowest BCUT2D eigenvalue weighted by Gasteiger charge is -2.18. The zero-order valence-electron chi connectivity index (χ0n) is 11.4. The molecule has 0 amide bonds. The third kappa shape index (κ3) is 3.41. The molecule has 0 fully saturated rings. The summed E-state index contributed by atoms with van der Waals surface area (Å²) >= 11 is 0. The van der Waals surface area contributed by atoms with E-state index in [-0.39, 0.29) is 12.0 Å². The highest BCUT2D eigenvalue weighted by molar-refractivity contribution is 5.33. The fourth-order valence-corrected chi connectivity index (χ4v) is 2.22. The number of hydrogen-bond donors (Lipinski definition) is 1. The van der Waals surface area contributed by atoms with Crippen LogP contribution in [0.4, 0.5) is 17.6 Å². The Kier molecular flexibility index (Phi) is 4.32. The molecule has 0 spiro atoms. The fourth-order valence-electron chi connectivity index (χ4n) is 2.22. The SMILES string of the molecule is CCn1ccnc1CC(N)c1cc(F)ccc1C(F)(F)F. The molecular formula is C14H15F4N3. The van der Waals surface area contributed by atoms with E-state index in [9.17, 15) is 17.6 Å². The van der Waals surface area contributed by atoms with E-state index in [1.165, 1.54) is 0 Å². The molecule has 0 aliphatic rings. The van der Waals surface area contributed by atoms with Gasteiger partial charge in [-0.1, -0.05) is 0 Å². The number of imidazole rings is 1. The van der Waals surface area contributed by atoms with Crippen molar-refractivity contribution in [1.82, 2.24) is 9.55 Å². The van der Waals surface area contributed by atoms with E-state index in [0.717, 1.165) is 18.2 Å². The molecule has 3 nitrogen and oxygen atoms in total. The highest BCUT2D eigenvalue weighted by Crippen LogP contribution is 2.35. The monoisotopic (exact) mass is 301 g/mol. The Balaban J connectivity index is 2.34. The van der Waals surface area contributed by atoms with Gasteiger partial charge in [0, 0.05) is 31.4 Å². The second-order valence-electron chi connectivity index (χ2n) is 4.67. The number of aromatic nitrogens is 2. The maximum Gasteiger partial charge on any atom is 0.416 e. The van der Waals surface area contributed by atoms with Gasteiger partial charge in [0.05, 0.1) is 5.56 Å². The van der Waals surface area contributed by atoms with Crippen LogP contribution < -0.4 is 5.73 Å². The predicted octanol–water partition coefficient (Wildman–Crippen LogP) is 3.30. The van der Waals surface area contributed by atoms with Crippen LogP contribution in [0.1, 0.15) is 29.9 Å². The lowest BCUT2D eigenvalue weighted by atomic mass is 9.97. The summed E-state index contributed by atoms with van der Waals surface area (Å²) in [5.74, 6) is -0.172. The quantitative estimate of drug-likeness (QED) is 0.881. The van der Waals surface area contributed by atoms with E-state index in [1.54, 1.807) is 17.0 Å². The largest absolute Gasteiger partial charge is 0.416 e. The summed E-state index contributed by atoms with van der Waals surface area (Å²) in [6, 6.07) is 1.36. The van der Waals surface area contributed by atoms with Crippen molar-refractivity contribution in [2.45, 2.75) is 32.1 Å². The molecule has 7 heteroatoms. The Morgan fingerprint density at radius 2 is 2.05 bits per heavy atom. The summed E-state index contributed by atoms with van der Waals surface area (Å²) in [5, 5.41) is 0. The third-order valence-corrected chi connectivity index (χ3v) is 3.26. The first kappa shape index (κ1) is 15.5. The van der Waals surface area contributed by atoms with Gasteiger partial charge in [-0.15, -0.1) is 0 Å². The number of nitrogens with zero attached hydrogens (tertiary/aromatic N) is 2. The van der Waals surface area contributed by atoms with Gasteiger partial charge in [0.2, 0.25) is 0 Å². The topological polar surface area (TPSA) is 43.8 Å². The van der Waals surface area contributed by atoms with Crippen molar-refractivity contribution in [3.05, 3.63) is 53.4 Å². The van der Waals surface area contributed by atoms with Gasteiger partial charge in [-0.2, -0.15) is 13.2 Å². The molecular weight excluding hydrogens is 286 g/mol. The van der Waals surface area contributed by atoms with Crippen LogP contribution in [-0.4, -0.2) is 9.55 Å². The number of hydrogen-bond acceptors (Lipinski definition) is 2. The molecule has 1 heterocycles. The molecule has 1 unspecified atom stereocenters. The number of alkyl halides is 3. The van der Waals surface area contributed by atoms with Gasteiger partial charge in [0.1, 0.15) is 11.6 Å². The molecule has 1 atom stereocenters. The van der Waals surface area contributed by atoms with E-state index >= 15 is 0 Å². The molecule has 0 saturated heterocycles. The third-order valence-electron chi connectivity index (χ3n) is 3.26. The lowest BCUT2D eigenvalue weighted by Crippen LogP contribution is -2.21. The summed E-state index contributed by atoms with van der Waals surface area (Å²) in [5.41, 5.74) is 4.69. The second kappa shape index (κ2) is 5.85. The van der Waals surface area contributed by atoms with Crippen LogP contribution in [0.2, 0.25) is 0 Å². The molecule has 0 bridgehead atoms. The van der Waals surface area contributed by atoms with Gasteiger partial charge in [-0.25, -0.2) is 9.37 Å². The average Bonchev–Trinajstić information content (AvgIpc) is 2.84. The smallest absolute Gasteiger partial charge is 0.335 e. The van der Waals surface area contributed by atoms with Crippen LogP contribution in [0.25, 0.3) is 0 Å². The van der Waals surface area contributed by atoms with Gasteiger partial charge in [0.25, 0.3) is 0 Å². The predicted molar refractivity (Wildman–Crippen MR) is 69.9 cm³/mol. The van der Waals surface area contributed by atoms with Gasteiger partial charge >= 0.3 is 6.18 Å². The van der Waals surface area contributed by atoms with Crippen molar-refractivity contribution in [3.8, 4) is 0 Å². The first-order valence-electron chi connectivity index (χ1n) is 6.45. The first-order chi connectivity index (χ1) is 9.82. The Labute approximate surface area is 119 Å². The highest BCUT2D eigenvalue weighted by atomic mass is 19.4. The number of benzene rings is 1. The summed E-state index contributed by atoms with van der Waals surface area (Å²) < 4.78 is 54.0. The minimum Gasteiger partial charge on any atom is -0.335 e. The number of nitrogens with two attached hydrogens (primary N) is 1. The van der Waals surface area contributed by atoms with E-state index < -0.39 is 23.6 Å². The summed E-state index contributed by atoms with van der Waals surface area (Å²) in [6.45, 7) is 2.53. The Bertz CT molecular complexity index is 619. The molecule has 0 aliphatic heterocycles. The average molecular weight is 301 g/mol. The summed E-state index contributed by atoms with van der Waals surface area (Å²) in [7, 11) is 0. The Hall–Kier alpha value is -1.89. The van der Waals surface area contributed by atoms with Crippen LogP contribution in [0.3, 0.4) is 0 Å². The maximum absolute atomic E-state index is 13.3. The van der Waals surface area contributed by atoms with Crippen molar-refractivity contribution in [3.63, 3.8) is 0 Å². The van der Waals surface area contributed by atoms with Gasteiger partial charge in [0.15, 0.2) is 0 Å². The zero-order valence-corrected chi connectivity index (χ0v) is 11.4. The lowest BCUT2D eigenvalue weighted by molar-refractivity contribution is -0.138. The molecule has 0 radical (unpaired) electrons. The fraction of sp³-hybridized carbons (Fsp3) is 0.357. The van der Waals surface area contributed by atoms with Crippen molar-refractivity contribution < 1.29 is 17.6 Å². The minimum atomic E-state index is -4.57. The number of aryl methyl sites for hydroxylation is 1. The van der Waals surface area contributed by atoms with Crippen molar-refractivity contribution in [2.75, 3.05) is 0 Å². The van der Waals surface area contributed by atoms with E-state index in [2.05, 4.69) is 4.98 Å². The normalized spacial score (nSPS) is 13.4. The van der Waals surface area contributed by atoms with Crippen molar-refractivity contribution in [2.24, 2.45) is 5.73 Å². The first-order valence-corrected chi connectivity index (χ1v) is 6.45. The second-order valence-corrected chi connectivity index (χ2v) is 4.67. The molecule has 0 aliphatic carbocycles. The van der Waals surface area contributed by atoms with Crippen LogP contribution in [0.15, 0.2) is 30.6 Å². The molecule has 114 valence electrons. The zero-order chi connectivity index (χ0) is 15.6. The van der Waals surface area contributed by atoms with E-state index in [0.29, 0.717) is 12.4 Å². The summed E-state index contributed by atoms with van der Waals surface area (Å²) in [6.07, 6.45) is -1.19. The molecule has 1 aromatic heterocycles. The maximum atomic E-state index is 13.3. The van der Waals surface area contributed by atoms with Crippen molar-refractivity contribution >= 4 is 0 Å². The molecule has 21 heavy (non-hydrogen) atoms. The molecule has 2 rings (SSSR count). The Morgan fingerprint density at radius 1 is 1.33 bits per heavy atom. The minimum absolute atomic E-state index is 0.105.